The van der Waals surface area contributed by atoms with E-state index >= 15 is 0 Å². The van der Waals surface area contributed by atoms with E-state index in [0.29, 0.717) is 18.0 Å². The summed E-state index contributed by atoms with van der Waals surface area (Å²) in [5.74, 6) is 0. The maximum Gasteiger partial charge on any atom is 0.250 e. The molecule has 1 fully saturated rings. The topological polar surface area (TPSA) is 82.4 Å². The molecule has 104 valence electrons. The van der Waals surface area contributed by atoms with Gasteiger partial charge in [-0.15, -0.1) is 11.3 Å². The molecule has 0 aliphatic carbocycles. The van der Waals surface area contributed by atoms with Crippen molar-refractivity contribution in [2.45, 2.75) is 10.3 Å². The maximum absolute atomic E-state index is 12.0. The van der Waals surface area contributed by atoms with Gasteiger partial charge in [-0.1, -0.05) is 0 Å². The summed E-state index contributed by atoms with van der Waals surface area (Å²) in [5.41, 5.74) is 0. The summed E-state index contributed by atoms with van der Waals surface area (Å²) in [4.78, 5) is 2.48. The van der Waals surface area contributed by atoms with E-state index in [2.05, 4.69) is 9.62 Å². The molecule has 1 aliphatic heterocycles. The van der Waals surface area contributed by atoms with Crippen LogP contribution in [0.3, 0.4) is 0 Å². The van der Waals surface area contributed by atoms with Crippen LogP contribution in [0.25, 0.3) is 0 Å². The summed E-state index contributed by atoms with van der Waals surface area (Å²) in [6.45, 7) is 2.42. The monoisotopic (exact) mass is 301 g/mol. The van der Waals surface area contributed by atoms with Crippen molar-refractivity contribution < 1.29 is 13.2 Å². The lowest BCUT2D eigenvalue weighted by Gasteiger charge is -2.29. The van der Waals surface area contributed by atoms with Crippen LogP contribution in [-0.2, 0) is 14.8 Å². The molecule has 1 unspecified atom stereocenters. The number of thiophene rings is 1. The van der Waals surface area contributed by atoms with Crippen LogP contribution in [0.5, 0.6) is 0 Å². The molecule has 2 rings (SSSR count). The van der Waals surface area contributed by atoms with Crippen molar-refractivity contribution >= 4 is 21.4 Å². The number of rotatable bonds is 4. The van der Waals surface area contributed by atoms with Gasteiger partial charge in [-0.2, -0.15) is 5.26 Å². The Morgan fingerprint density at radius 2 is 2.42 bits per heavy atom. The maximum atomic E-state index is 12.0. The lowest BCUT2D eigenvalue weighted by atomic mass is 10.3. The fourth-order valence-electron chi connectivity index (χ4n) is 1.79. The molecule has 1 aliphatic rings. The molecule has 0 aromatic carbocycles. The molecule has 0 amide bonds. The lowest BCUT2D eigenvalue weighted by Crippen LogP contribution is -2.45. The van der Waals surface area contributed by atoms with Gasteiger partial charge in [0, 0.05) is 19.6 Å². The SMILES string of the molecule is CN1CCOC(CNS(=O)(=O)c2ccc(C#N)s2)C1. The second kappa shape index (κ2) is 5.98. The summed E-state index contributed by atoms with van der Waals surface area (Å²) in [5, 5.41) is 8.70. The third-order valence-corrected chi connectivity index (χ3v) is 5.70. The van der Waals surface area contributed by atoms with Gasteiger partial charge < -0.3 is 9.64 Å². The highest BCUT2D eigenvalue weighted by Crippen LogP contribution is 2.20. The Hall–Kier alpha value is -0.980. The van der Waals surface area contributed by atoms with Gasteiger partial charge in [0.15, 0.2) is 0 Å². The third-order valence-electron chi connectivity index (χ3n) is 2.80. The normalized spacial score (nSPS) is 21.2. The average Bonchev–Trinajstić information content (AvgIpc) is 2.86. The van der Waals surface area contributed by atoms with E-state index in [0.717, 1.165) is 17.9 Å². The Bertz CT molecular complexity index is 576. The fourth-order valence-corrected chi connectivity index (χ4v) is 4.00. The van der Waals surface area contributed by atoms with Crippen molar-refractivity contribution in [3.05, 3.63) is 17.0 Å². The first-order valence-corrected chi connectivity index (χ1v) is 8.11. The van der Waals surface area contributed by atoms with Crippen LogP contribution < -0.4 is 4.72 Å². The molecule has 1 saturated heterocycles. The summed E-state index contributed by atoms with van der Waals surface area (Å²) >= 11 is 0.964. The van der Waals surface area contributed by atoms with Crippen molar-refractivity contribution in [3.8, 4) is 6.07 Å². The number of likely N-dealkylation sites (N-methyl/N-ethyl adjacent to an activating group) is 1. The first-order valence-electron chi connectivity index (χ1n) is 5.81. The van der Waals surface area contributed by atoms with Gasteiger partial charge in [0.25, 0.3) is 0 Å². The first-order chi connectivity index (χ1) is 9.01. The van der Waals surface area contributed by atoms with Crippen molar-refractivity contribution in [3.63, 3.8) is 0 Å². The molecule has 0 saturated carbocycles. The highest BCUT2D eigenvalue weighted by molar-refractivity contribution is 7.91. The summed E-state index contributed by atoms with van der Waals surface area (Å²) in [6.07, 6.45) is -0.135. The van der Waals surface area contributed by atoms with E-state index in [1.807, 2.05) is 13.1 Å². The number of nitrogens with zero attached hydrogens (tertiary/aromatic N) is 2. The number of hydrogen-bond donors (Lipinski definition) is 1. The zero-order valence-electron chi connectivity index (χ0n) is 10.5. The fraction of sp³-hybridized carbons (Fsp3) is 0.545. The molecule has 1 aromatic heterocycles. The number of ether oxygens (including phenoxy) is 1. The van der Waals surface area contributed by atoms with E-state index in [4.69, 9.17) is 10.00 Å². The van der Waals surface area contributed by atoms with Crippen LogP contribution in [0.4, 0.5) is 0 Å². The molecule has 8 heteroatoms. The standard InChI is InChI=1S/C11H15N3O3S2/c1-14-4-5-17-9(8-14)7-13-19(15,16)11-3-2-10(6-12)18-11/h2-3,9,13H,4-5,7-8H2,1H3. The quantitative estimate of drug-likeness (QED) is 0.861. The molecule has 1 atom stereocenters. The molecular weight excluding hydrogens is 286 g/mol. The largest absolute Gasteiger partial charge is 0.374 e. The van der Waals surface area contributed by atoms with Crippen LogP contribution >= 0.6 is 11.3 Å². The number of nitrogens with one attached hydrogen (secondary N) is 1. The predicted octanol–water partition coefficient (Wildman–Crippen LogP) is 0.229. The molecule has 0 spiro atoms. The van der Waals surface area contributed by atoms with Crippen LogP contribution in [0.1, 0.15) is 4.88 Å². The van der Waals surface area contributed by atoms with Crippen molar-refractivity contribution in [1.29, 1.82) is 5.26 Å². The van der Waals surface area contributed by atoms with Gasteiger partial charge in [-0.25, -0.2) is 13.1 Å². The second-order valence-electron chi connectivity index (χ2n) is 4.34. The van der Waals surface area contributed by atoms with Crippen LogP contribution in [-0.4, -0.2) is 52.7 Å². The first kappa shape index (κ1) is 14.4. The molecule has 19 heavy (non-hydrogen) atoms. The highest BCUT2D eigenvalue weighted by Gasteiger charge is 2.22. The Kier molecular flexibility index (Phi) is 4.54. The van der Waals surface area contributed by atoms with Crippen molar-refractivity contribution in [2.24, 2.45) is 0 Å². The van der Waals surface area contributed by atoms with E-state index in [1.165, 1.54) is 12.1 Å². The lowest BCUT2D eigenvalue weighted by molar-refractivity contribution is -0.0156. The second-order valence-corrected chi connectivity index (χ2v) is 7.41. The zero-order chi connectivity index (χ0) is 13.9. The molecule has 0 bridgehead atoms. The van der Waals surface area contributed by atoms with E-state index in [-0.39, 0.29) is 16.9 Å². The Balaban J connectivity index is 1.96. The summed E-state index contributed by atoms with van der Waals surface area (Å²) in [7, 11) is -1.57. The van der Waals surface area contributed by atoms with Crippen molar-refractivity contribution in [2.75, 3.05) is 33.3 Å². The van der Waals surface area contributed by atoms with Crippen LogP contribution in [0, 0.1) is 11.3 Å². The van der Waals surface area contributed by atoms with Gasteiger partial charge in [-0.05, 0) is 19.2 Å². The third kappa shape index (κ3) is 3.75. The number of morpholine rings is 1. The smallest absolute Gasteiger partial charge is 0.250 e. The molecule has 0 radical (unpaired) electrons. The average molecular weight is 301 g/mol. The van der Waals surface area contributed by atoms with Gasteiger partial charge in [0.1, 0.15) is 15.2 Å². The molecule has 1 N–H and O–H groups in total. The van der Waals surface area contributed by atoms with E-state index in [1.54, 1.807) is 0 Å². The minimum atomic E-state index is -3.55. The highest BCUT2D eigenvalue weighted by atomic mass is 32.2. The zero-order valence-corrected chi connectivity index (χ0v) is 12.1. The van der Waals surface area contributed by atoms with Gasteiger partial charge >= 0.3 is 0 Å². The van der Waals surface area contributed by atoms with Gasteiger partial charge in [-0.3, -0.25) is 0 Å². The molecule has 6 nitrogen and oxygen atoms in total. The van der Waals surface area contributed by atoms with Gasteiger partial charge in [0.2, 0.25) is 10.0 Å². The van der Waals surface area contributed by atoms with E-state index < -0.39 is 10.0 Å². The minimum absolute atomic E-state index is 0.135. The molecule has 2 heterocycles. The van der Waals surface area contributed by atoms with Crippen LogP contribution in [0.15, 0.2) is 16.3 Å². The molecule has 1 aromatic rings. The van der Waals surface area contributed by atoms with E-state index in [9.17, 15) is 8.42 Å². The van der Waals surface area contributed by atoms with Crippen molar-refractivity contribution in [1.82, 2.24) is 9.62 Å². The molecular formula is C11H15N3O3S2. The Labute approximate surface area is 116 Å². The Morgan fingerprint density at radius 3 is 3.05 bits per heavy atom. The number of nitriles is 1. The minimum Gasteiger partial charge on any atom is -0.374 e. The number of hydrogen-bond acceptors (Lipinski definition) is 6. The number of sulfonamides is 1. The summed E-state index contributed by atoms with van der Waals surface area (Å²) < 4.78 is 32.2. The Morgan fingerprint density at radius 1 is 1.63 bits per heavy atom. The predicted molar refractivity (Wildman–Crippen MR) is 71.5 cm³/mol. The van der Waals surface area contributed by atoms with Gasteiger partial charge in [0.05, 0.1) is 12.7 Å². The van der Waals surface area contributed by atoms with Crippen LogP contribution in [0.2, 0.25) is 0 Å². The summed E-state index contributed by atoms with van der Waals surface area (Å²) in [6, 6.07) is 4.87.